The molecule has 1 aliphatic heterocycles. The van der Waals surface area contributed by atoms with Gasteiger partial charge in [0.25, 0.3) is 0 Å². The number of benzene rings is 1. The summed E-state index contributed by atoms with van der Waals surface area (Å²) in [4.78, 5) is 0. The molecule has 0 spiro atoms. The standard InChI is InChI=1S/C15H25NO2Si/c1-12(2)15-11-18-19(17-5,16(15)13(3)4)14-9-7-6-8-10-14/h6-10,12-13,15H,11H2,1-5H3. The topological polar surface area (TPSA) is 21.7 Å². The average molecular weight is 279 g/mol. The zero-order valence-corrected chi connectivity index (χ0v) is 13.6. The summed E-state index contributed by atoms with van der Waals surface area (Å²) in [6.07, 6.45) is 0. The molecule has 0 aromatic heterocycles. The van der Waals surface area contributed by atoms with Gasteiger partial charge in [-0.15, -0.1) is 0 Å². The Bertz CT molecular complexity index is 410. The molecule has 1 saturated heterocycles. The van der Waals surface area contributed by atoms with Crippen molar-refractivity contribution < 1.29 is 8.85 Å². The van der Waals surface area contributed by atoms with Crippen LogP contribution >= 0.6 is 0 Å². The molecule has 2 rings (SSSR count). The van der Waals surface area contributed by atoms with Crippen molar-refractivity contribution in [3.05, 3.63) is 30.3 Å². The summed E-state index contributed by atoms with van der Waals surface area (Å²) in [6.45, 7) is 9.75. The van der Waals surface area contributed by atoms with E-state index in [4.69, 9.17) is 8.85 Å². The number of nitrogens with zero attached hydrogens (tertiary/aromatic N) is 1. The first-order chi connectivity index (χ1) is 9.03. The first-order valence-electron chi connectivity index (χ1n) is 7.06. The fourth-order valence-corrected chi connectivity index (χ4v) is 6.65. The lowest BCUT2D eigenvalue weighted by atomic mass is 10.0. The van der Waals surface area contributed by atoms with Gasteiger partial charge in [-0.3, -0.25) is 4.57 Å². The van der Waals surface area contributed by atoms with Crippen LogP contribution in [0, 0.1) is 5.92 Å². The lowest BCUT2D eigenvalue weighted by Crippen LogP contribution is -2.66. The molecule has 0 bridgehead atoms. The molecule has 0 radical (unpaired) electrons. The molecule has 0 aliphatic carbocycles. The van der Waals surface area contributed by atoms with E-state index in [1.165, 1.54) is 5.19 Å². The van der Waals surface area contributed by atoms with Gasteiger partial charge < -0.3 is 8.85 Å². The predicted octanol–water partition coefficient (Wildman–Crippen LogP) is 2.24. The monoisotopic (exact) mass is 279 g/mol. The van der Waals surface area contributed by atoms with Crippen molar-refractivity contribution in [3.8, 4) is 0 Å². The molecule has 2 atom stereocenters. The van der Waals surface area contributed by atoms with E-state index >= 15 is 0 Å². The van der Waals surface area contributed by atoms with Gasteiger partial charge in [-0.05, 0) is 5.92 Å². The lowest BCUT2D eigenvalue weighted by molar-refractivity contribution is 0.202. The Morgan fingerprint density at radius 1 is 1.21 bits per heavy atom. The SMILES string of the molecule is CO[Si]1(c2ccccc2)OCC(C(C)C)N1C(C)C. The van der Waals surface area contributed by atoms with Crippen molar-refractivity contribution in [2.45, 2.75) is 39.8 Å². The molecular formula is C15H25NO2Si. The maximum atomic E-state index is 6.27. The molecule has 1 aromatic rings. The molecule has 1 aliphatic rings. The van der Waals surface area contributed by atoms with Crippen LogP contribution < -0.4 is 5.19 Å². The van der Waals surface area contributed by atoms with Crippen LogP contribution in [-0.4, -0.2) is 39.1 Å². The van der Waals surface area contributed by atoms with Crippen LogP contribution in [0.15, 0.2) is 30.3 Å². The summed E-state index contributed by atoms with van der Waals surface area (Å²) >= 11 is 0. The highest BCUT2D eigenvalue weighted by Crippen LogP contribution is 2.30. The van der Waals surface area contributed by atoms with Crippen molar-refractivity contribution in [2.24, 2.45) is 5.92 Å². The number of hydrogen-bond acceptors (Lipinski definition) is 3. The highest BCUT2D eigenvalue weighted by atomic mass is 28.4. The first kappa shape index (κ1) is 14.7. The van der Waals surface area contributed by atoms with Gasteiger partial charge in [0.2, 0.25) is 0 Å². The van der Waals surface area contributed by atoms with Crippen LogP contribution in [0.1, 0.15) is 27.7 Å². The Labute approximate surface area is 117 Å². The van der Waals surface area contributed by atoms with Crippen LogP contribution in [0.2, 0.25) is 0 Å². The maximum Gasteiger partial charge on any atom is 0.463 e. The largest absolute Gasteiger partial charge is 0.463 e. The van der Waals surface area contributed by atoms with Crippen LogP contribution in [0.3, 0.4) is 0 Å². The molecule has 4 heteroatoms. The second-order valence-corrected chi connectivity index (χ2v) is 8.73. The third-order valence-corrected chi connectivity index (χ3v) is 7.59. The Kier molecular flexibility index (Phi) is 4.45. The lowest BCUT2D eigenvalue weighted by Gasteiger charge is -2.38. The molecule has 0 saturated carbocycles. The molecule has 1 heterocycles. The van der Waals surface area contributed by atoms with E-state index in [2.05, 4.69) is 56.5 Å². The van der Waals surface area contributed by atoms with E-state index in [0.29, 0.717) is 18.0 Å². The van der Waals surface area contributed by atoms with Gasteiger partial charge in [0.05, 0.1) is 6.61 Å². The Morgan fingerprint density at radius 3 is 2.32 bits per heavy atom. The average Bonchev–Trinajstić information content (AvgIpc) is 2.80. The Balaban J connectivity index is 2.44. The van der Waals surface area contributed by atoms with Crippen molar-refractivity contribution in [1.82, 2.24) is 4.57 Å². The van der Waals surface area contributed by atoms with Crippen LogP contribution in [0.5, 0.6) is 0 Å². The molecule has 19 heavy (non-hydrogen) atoms. The smallest absolute Gasteiger partial charge is 0.383 e. The molecule has 2 unspecified atom stereocenters. The molecular weight excluding hydrogens is 254 g/mol. The fourth-order valence-electron chi connectivity index (χ4n) is 2.97. The number of hydrogen-bond donors (Lipinski definition) is 0. The summed E-state index contributed by atoms with van der Waals surface area (Å²) < 4.78 is 14.7. The Morgan fingerprint density at radius 2 is 1.84 bits per heavy atom. The molecule has 3 nitrogen and oxygen atoms in total. The summed E-state index contributed by atoms with van der Waals surface area (Å²) in [7, 11) is -0.678. The minimum absolute atomic E-state index is 0.418. The highest BCUT2D eigenvalue weighted by molar-refractivity contribution is 6.79. The molecule has 0 amide bonds. The van der Waals surface area contributed by atoms with Crippen molar-refractivity contribution in [1.29, 1.82) is 0 Å². The third-order valence-electron chi connectivity index (χ3n) is 3.89. The zero-order valence-electron chi connectivity index (χ0n) is 12.6. The van der Waals surface area contributed by atoms with Crippen molar-refractivity contribution in [3.63, 3.8) is 0 Å². The van der Waals surface area contributed by atoms with E-state index in [9.17, 15) is 0 Å². The summed E-state index contributed by atoms with van der Waals surface area (Å²) in [5.41, 5.74) is 0. The van der Waals surface area contributed by atoms with Crippen molar-refractivity contribution >= 4 is 13.9 Å². The molecule has 106 valence electrons. The Hall–Kier alpha value is -0.683. The van der Waals surface area contributed by atoms with E-state index < -0.39 is 8.72 Å². The van der Waals surface area contributed by atoms with Crippen molar-refractivity contribution in [2.75, 3.05) is 13.7 Å². The first-order valence-corrected chi connectivity index (χ1v) is 8.82. The second kappa shape index (κ2) is 5.75. The predicted molar refractivity (Wildman–Crippen MR) is 80.4 cm³/mol. The third kappa shape index (κ3) is 2.50. The highest BCUT2D eigenvalue weighted by Gasteiger charge is 2.56. The minimum Gasteiger partial charge on any atom is -0.383 e. The molecule has 1 fully saturated rings. The maximum absolute atomic E-state index is 6.27. The quantitative estimate of drug-likeness (QED) is 0.789. The fraction of sp³-hybridized carbons (Fsp3) is 0.600. The van der Waals surface area contributed by atoms with Crippen LogP contribution in [-0.2, 0) is 8.85 Å². The van der Waals surface area contributed by atoms with Gasteiger partial charge in [-0.2, -0.15) is 0 Å². The van der Waals surface area contributed by atoms with Gasteiger partial charge >= 0.3 is 8.72 Å². The van der Waals surface area contributed by atoms with E-state index in [-0.39, 0.29) is 0 Å². The summed E-state index contributed by atoms with van der Waals surface area (Å²) in [5.74, 6) is 0.565. The van der Waals surface area contributed by atoms with E-state index in [1.807, 2.05) is 6.07 Å². The van der Waals surface area contributed by atoms with Gasteiger partial charge in [0, 0.05) is 24.4 Å². The normalized spacial score (nSPS) is 28.5. The summed E-state index contributed by atoms with van der Waals surface area (Å²) in [5, 5.41) is 1.20. The molecule has 1 aromatic carbocycles. The van der Waals surface area contributed by atoms with Gasteiger partial charge in [0.1, 0.15) is 0 Å². The number of rotatable bonds is 4. The van der Waals surface area contributed by atoms with E-state index in [0.717, 1.165) is 6.61 Å². The van der Waals surface area contributed by atoms with Gasteiger partial charge in [-0.25, -0.2) is 0 Å². The summed E-state index contributed by atoms with van der Waals surface area (Å²) in [6, 6.07) is 11.3. The molecule has 0 N–H and O–H groups in total. The van der Waals surface area contributed by atoms with Crippen LogP contribution in [0.25, 0.3) is 0 Å². The van der Waals surface area contributed by atoms with Crippen LogP contribution in [0.4, 0.5) is 0 Å². The van der Waals surface area contributed by atoms with Gasteiger partial charge in [-0.1, -0.05) is 58.0 Å². The van der Waals surface area contributed by atoms with Gasteiger partial charge in [0.15, 0.2) is 0 Å². The minimum atomic E-state index is -2.47. The van der Waals surface area contributed by atoms with E-state index in [1.54, 1.807) is 7.11 Å². The zero-order chi connectivity index (χ0) is 14.0. The second-order valence-electron chi connectivity index (χ2n) is 5.78.